The molecule has 0 aliphatic carbocycles. The van der Waals surface area contributed by atoms with Crippen LogP contribution in [0.1, 0.15) is 35.9 Å². The lowest BCUT2D eigenvalue weighted by Gasteiger charge is -2.20. The van der Waals surface area contributed by atoms with Gasteiger partial charge in [0.1, 0.15) is 0 Å². The fourth-order valence-corrected chi connectivity index (χ4v) is 2.80. The van der Waals surface area contributed by atoms with Gasteiger partial charge in [0.25, 0.3) is 0 Å². The van der Waals surface area contributed by atoms with E-state index >= 15 is 0 Å². The molecule has 0 amide bonds. The van der Waals surface area contributed by atoms with Crippen LogP contribution in [0.25, 0.3) is 11.4 Å². The number of aryl methyl sites for hydroxylation is 2. The van der Waals surface area contributed by atoms with Gasteiger partial charge in [-0.3, -0.25) is 0 Å². The predicted molar refractivity (Wildman–Crippen MR) is 81.6 cm³/mol. The van der Waals surface area contributed by atoms with Gasteiger partial charge in [-0.05, 0) is 18.9 Å². The minimum atomic E-state index is 0.896. The lowest BCUT2D eigenvalue weighted by Crippen LogP contribution is -2.26. The summed E-state index contributed by atoms with van der Waals surface area (Å²) < 4.78 is 0. The summed E-state index contributed by atoms with van der Waals surface area (Å²) >= 11 is 0. The van der Waals surface area contributed by atoms with Crippen LogP contribution in [0.5, 0.6) is 0 Å². The number of rotatable bonds is 3. The predicted octanol–water partition coefficient (Wildman–Crippen LogP) is 3.05. The topological polar surface area (TPSA) is 37.8 Å². The first kappa shape index (κ1) is 13.3. The van der Waals surface area contributed by atoms with Gasteiger partial charge in [0.05, 0.1) is 5.69 Å². The van der Waals surface area contributed by atoms with Crippen molar-refractivity contribution in [3.63, 3.8) is 0 Å². The Kier molecular flexibility index (Phi) is 3.79. The van der Waals surface area contributed by atoms with Gasteiger partial charge in [0.2, 0.25) is 0 Å². The van der Waals surface area contributed by atoms with Crippen LogP contribution in [0.4, 0.5) is 0 Å². The molecule has 3 nitrogen and oxygen atoms in total. The fraction of sp³-hybridized carbons (Fsp3) is 0.412. The molecule has 1 N–H and O–H groups in total. The molecule has 1 aliphatic rings. The highest BCUT2D eigenvalue weighted by Crippen LogP contribution is 2.24. The molecule has 0 bridgehead atoms. The van der Waals surface area contributed by atoms with E-state index in [1.165, 1.54) is 22.5 Å². The molecule has 0 saturated carbocycles. The normalized spacial score (nSPS) is 14.1. The monoisotopic (exact) mass is 267 g/mol. The first-order valence-electron chi connectivity index (χ1n) is 7.45. The van der Waals surface area contributed by atoms with Crippen LogP contribution in [0.15, 0.2) is 24.3 Å². The summed E-state index contributed by atoms with van der Waals surface area (Å²) in [6, 6.07) is 8.37. The van der Waals surface area contributed by atoms with Gasteiger partial charge in [-0.2, -0.15) is 0 Å². The second kappa shape index (κ2) is 5.71. The van der Waals surface area contributed by atoms with Crippen LogP contribution >= 0.6 is 0 Å². The van der Waals surface area contributed by atoms with Crippen molar-refractivity contribution in [1.82, 2.24) is 15.3 Å². The minimum absolute atomic E-state index is 0.896. The summed E-state index contributed by atoms with van der Waals surface area (Å²) in [6.45, 7) is 6.26. The maximum absolute atomic E-state index is 4.86. The molecule has 0 saturated heterocycles. The summed E-state index contributed by atoms with van der Waals surface area (Å²) in [6.07, 6.45) is 3.16. The van der Waals surface area contributed by atoms with Crippen LogP contribution in [-0.2, 0) is 19.4 Å². The van der Waals surface area contributed by atoms with Crippen LogP contribution < -0.4 is 5.32 Å². The van der Waals surface area contributed by atoms with Crippen LogP contribution in [0.2, 0.25) is 0 Å². The second-order valence-corrected chi connectivity index (χ2v) is 5.41. The van der Waals surface area contributed by atoms with Crippen molar-refractivity contribution < 1.29 is 0 Å². The molecule has 3 rings (SSSR count). The van der Waals surface area contributed by atoms with Gasteiger partial charge < -0.3 is 5.32 Å². The standard InChI is InChI=1S/C17H21N3/c1-3-6-15-14-11-18-10-9-16(14)20-17(19-15)13-8-5-4-7-12(13)2/h4-5,7-8,18H,3,6,9-11H2,1-2H3. The Morgan fingerprint density at radius 1 is 1.20 bits per heavy atom. The molecule has 1 aromatic heterocycles. The zero-order chi connectivity index (χ0) is 13.9. The Morgan fingerprint density at radius 2 is 2.05 bits per heavy atom. The van der Waals surface area contributed by atoms with E-state index in [1.54, 1.807) is 0 Å². The van der Waals surface area contributed by atoms with Crippen molar-refractivity contribution in [1.29, 1.82) is 0 Å². The Labute approximate surface area is 120 Å². The van der Waals surface area contributed by atoms with Gasteiger partial charge in [-0.15, -0.1) is 0 Å². The molecule has 0 spiro atoms. The zero-order valence-corrected chi connectivity index (χ0v) is 12.2. The van der Waals surface area contributed by atoms with Crippen molar-refractivity contribution in [2.75, 3.05) is 6.54 Å². The number of aromatic nitrogens is 2. The summed E-state index contributed by atoms with van der Waals surface area (Å²) in [5.74, 6) is 0.896. The highest BCUT2D eigenvalue weighted by atomic mass is 15.0. The minimum Gasteiger partial charge on any atom is -0.312 e. The Bertz CT molecular complexity index is 620. The molecule has 1 aromatic carbocycles. The number of hydrogen-bond donors (Lipinski definition) is 1. The molecule has 104 valence electrons. The van der Waals surface area contributed by atoms with E-state index in [0.29, 0.717) is 0 Å². The largest absolute Gasteiger partial charge is 0.312 e. The number of nitrogens with one attached hydrogen (secondary N) is 1. The SMILES string of the molecule is CCCc1nc(-c2ccccc2C)nc2c1CNCC2. The Hall–Kier alpha value is -1.74. The lowest BCUT2D eigenvalue weighted by molar-refractivity contribution is 0.615. The van der Waals surface area contributed by atoms with Gasteiger partial charge >= 0.3 is 0 Å². The summed E-state index contributed by atoms with van der Waals surface area (Å²) in [5.41, 5.74) is 6.19. The second-order valence-electron chi connectivity index (χ2n) is 5.41. The molecule has 2 aromatic rings. The number of benzene rings is 1. The van der Waals surface area contributed by atoms with Gasteiger partial charge in [-0.25, -0.2) is 9.97 Å². The van der Waals surface area contributed by atoms with E-state index in [2.05, 4.69) is 43.4 Å². The quantitative estimate of drug-likeness (QED) is 0.928. The third-order valence-electron chi connectivity index (χ3n) is 3.89. The summed E-state index contributed by atoms with van der Waals surface area (Å²) in [5, 5.41) is 3.43. The smallest absolute Gasteiger partial charge is 0.159 e. The van der Waals surface area contributed by atoms with Crippen molar-refractivity contribution in [2.45, 2.75) is 39.7 Å². The van der Waals surface area contributed by atoms with Crippen molar-refractivity contribution >= 4 is 0 Å². The van der Waals surface area contributed by atoms with Gasteiger partial charge in [0, 0.05) is 36.3 Å². The zero-order valence-electron chi connectivity index (χ0n) is 12.2. The van der Waals surface area contributed by atoms with Crippen molar-refractivity contribution in [3.8, 4) is 11.4 Å². The van der Waals surface area contributed by atoms with Crippen LogP contribution in [-0.4, -0.2) is 16.5 Å². The average molecular weight is 267 g/mol. The number of nitrogens with zero attached hydrogens (tertiary/aromatic N) is 2. The van der Waals surface area contributed by atoms with Crippen molar-refractivity contribution in [3.05, 3.63) is 46.8 Å². The van der Waals surface area contributed by atoms with Gasteiger partial charge in [-0.1, -0.05) is 37.6 Å². The Balaban J connectivity index is 2.13. The lowest BCUT2D eigenvalue weighted by atomic mass is 10.0. The molecule has 0 radical (unpaired) electrons. The third-order valence-corrected chi connectivity index (χ3v) is 3.89. The van der Waals surface area contributed by atoms with E-state index in [-0.39, 0.29) is 0 Å². The van der Waals surface area contributed by atoms with Crippen LogP contribution in [0.3, 0.4) is 0 Å². The summed E-state index contributed by atoms with van der Waals surface area (Å²) in [4.78, 5) is 9.69. The molecule has 0 atom stereocenters. The highest BCUT2D eigenvalue weighted by Gasteiger charge is 2.18. The van der Waals surface area contributed by atoms with E-state index in [0.717, 1.165) is 43.7 Å². The first-order chi connectivity index (χ1) is 9.79. The average Bonchev–Trinajstić information content (AvgIpc) is 2.48. The van der Waals surface area contributed by atoms with Crippen molar-refractivity contribution in [2.24, 2.45) is 0 Å². The molecule has 3 heteroatoms. The maximum atomic E-state index is 4.86. The molecule has 1 aliphatic heterocycles. The summed E-state index contributed by atoms with van der Waals surface area (Å²) in [7, 11) is 0. The Morgan fingerprint density at radius 3 is 2.85 bits per heavy atom. The first-order valence-corrected chi connectivity index (χ1v) is 7.45. The molecule has 0 unspecified atom stereocenters. The van der Waals surface area contributed by atoms with E-state index in [4.69, 9.17) is 9.97 Å². The maximum Gasteiger partial charge on any atom is 0.159 e. The van der Waals surface area contributed by atoms with E-state index < -0.39 is 0 Å². The molecule has 2 heterocycles. The molecule has 0 fully saturated rings. The third kappa shape index (κ3) is 2.46. The number of hydrogen-bond acceptors (Lipinski definition) is 3. The fourth-order valence-electron chi connectivity index (χ4n) is 2.80. The molecular formula is C17H21N3. The highest BCUT2D eigenvalue weighted by molar-refractivity contribution is 5.60. The molecule has 20 heavy (non-hydrogen) atoms. The van der Waals surface area contributed by atoms with E-state index in [9.17, 15) is 0 Å². The number of fused-ring (bicyclic) bond motifs is 1. The molecular weight excluding hydrogens is 246 g/mol. The van der Waals surface area contributed by atoms with Gasteiger partial charge in [0.15, 0.2) is 5.82 Å². The van der Waals surface area contributed by atoms with Crippen LogP contribution in [0, 0.1) is 6.92 Å². The van der Waals surface area contributed by atoms with E-state index in [1.807, 2.05) is 0 Å².